The molecule has 3 aromatic carbocycles. The maximum absolute atomic E-state index is 13.9. The molecule has 1 saturated heterocycles. The Kier molecular flexibility index (Phi) is 6.86. The van der Waals surface area contributed by atoms with Crippen LogP contribution in [0.15, 0.2) is 83.3 Å². The summed E-state index contributed by atoms with van der Waals surface area (Å²) in [4.78, 5) is 34.5. The van der Waals surface area contributed by atoms with Gasteiger partial charge in [-0.05, 0) is 34.7 Å². The third-order valence-electron chi connectivity index (χ3n) is 9.12. The van der Waals surface area contributed by atoms with Gasteiger partial charge in [-0.3, -0.25) is 9.59 Å². The van der Waals surface area contributed by atoms with Crippen molar-refractivity contribution in [2.75, 3.05) is 18.5 Å². The van der Waals surface area contributed by atoms with E-state index in [1.807, 2.05) is 42.6 Å². The molecule has 1 aromatic heterocycles. The summed E-state index contributed by atoms with van der Waals surface area (Å²) in [5.41, 5.74) is 13.8. The Bertz CT molecular complexity index is 1770. The molecular formula is C33H29N5O4S. The van der Waals surface area contributed by atoms with E-state index in [0.29, 0.717) is 48.1 Å². The Hall–Kier alpha value is -4.34. The van der Waals surface area contributed by atoms with Crippen LogP contribution < -0.4 is 5.32 Å². The number of rotatable bonds is 7. The third-order valence-corrected chi connectivity index (χ3v) is 9.88. The lowest BCUT2D eigenvalue weighted by molar-refractivity contribution is -0.216. The average Bonchev–Trinajstić information content (AvgIpc) is 3.70. The minimum atomic E-state index is -0.648. The van der Waals surface area contributed by atoms with E-state index in [2.05, 4.69) is 27.5 Å². The molecule has 4 aromatic rings. The summed E-state index contributed by atoms with van der Waals surface area (Å²) in [5.74, 6) is -0.783. The number of azide groups is 1. The summed E-state index contributed by atoms with van der Waals surface area (Å²) in [6.07, 6.45) is 1.51. The number of ether oxygens (including phenoxy) is 2. The van der Waals surface area contributed by atoms with Crippen LogP contribution in [-0.2, 0) is 20.7 Å². The van der Waals surface area contributed by atoms with Gasteiger partial charge in [0.1, 0.15) is 0 Å². The van der Waals surface area contributed by atoms with Gasteiger partial charge in [-0.15, -0.1) is 11.3 Å². The van der Waals surface area contributed by atoms with Crippen LogP contribution in [0.4, 0.5) is 10.8 Å². The lowest BCUT2D eigenvalue weighted by Gasteiger charge is -2.56. The number of anilines is 1. The number of carbonyl (C=O) groups excluding carboxylic acids is 2. The van der Waals surface area contributed by atoms with Crippen LogP contribution in [0.1, 0.15) is 58.6 Å². The molecule has 3 atom stereocenters. The van der Waals surface area contributed by atoms with E-state index in [1.165, 1.54) is 22.5 Å². The first-order chi connectivity index (χ1) is 20.9. The summed E-state index contributed by atoms with van der Waals surface area (Å²) in [6, 6.07) is 22.7. The maximum Gasteiger partial charge on any atom is 0.232 e. The molecule has 43 heavy (non-hydrogen) atoms. The monoisotopic (exact) mass is 591 g/mol. The Morgan fingerprint density at radius 1 is 1.02 bits per heavy atom. The van der Waals surface area contributed by atoms with Crippen molar-refractivity contribution < 1.29 is 19.1 Å². The topological polar surface area (TPSA) is 126 Å². The molecular weight excluding hydrogens is 562 g/mol. The van der Waals surface area contributed by atoms with Gasteiger partial charge in [-0.25, -0.2) is 4.98 Å². The van der Waals surface area contributed by atoms with Crippen LogP contribution in [0.2, 0.25) is 0 Å². The molecule has 3 unspecified atom stereocenters. The smallest absolute Gasteiger partial charge is 0.232 e. The number of ketones is 1. The standard InChI is InChI=1S/C33H29N5O4S/c1-32(17-27-25-8-3-2-7-24(25)26(32)18-33(27)41-13-14-42-33)30(40)36-31-35-28(19-43-31)21-5-4-6-22(16-21)29(39)15-20-9-11-23(12-10-20)37-38-34/h2-12,16,19,26-27H,13-15,17-18H2,1H3,(H,35,36,40). The van der Waals surface area contributed by atoms with E-state index in [9.17, 15) is 9.59 Å². The van der Waals surface area contributed by atoms with Gasteiger partial charge in [0.2, 0.25) is 5.91 Å². The van der Waals surface area contributed by atoms with E-state index >= 15 is 0 Å². The summed E-state index contributed by atoms with van der Waals surface area (Å²) in [5, 5.41) is 9.10. The molecule has 10 heteroatoms. The molecule has 9 nitrogen and oxygen atoms in total. The molecule has 1 spiro atoms. The van der Waals surface area contributed by atoms with E-state index in [-0.39, 0.29) is 29.9 Å². The Morgan fingerprint density at radius 2 is 1.77 bits per heavy atom. The lowest BCUT2D eigenvalue weighted by atomic mass is 9.52. The van der Waals surface area contributed by atoms with Gasteiger partial charge in [0.25, 0.3) is 0 Å². The highest BCUT2D eigenvalue weighted by Crippen LogP contribution is 2.64. The molecule has 1 N–H and O–H groups in total. The first-order valence-corrected chi connectivity index (χ1v) is 15.2. The number of amides is 1. The molecule has 1 aliphatic heterocycles. The molecule has 2 bridgehead atoms. The average molecular weight is 592 g/mol. The molecule has 2 heterocycles. The van der Waals surface area contributed by atoms with Gasteiger partial charge in [0.15, 0.2) is 16.7 Å². The molecule has 1 saturated carbocycles. The molecule has 2 fully saturated rings. The van der Waals surface area contributed by atoms with Crippen molar-refractivity contribution in [2.24, 2.45) is 10.5 Å². The molecule has 3 aliphatic carbocycles. The van der Waals surface area contributed by atoms with Crippen molar-refractivity contribution in [3.63, 3.8) is 0 Å². The first kappa shape index (κ1) is 27.5. The van der Waals surface area contributed by atoms with Gasteiger partial charge in [-0.2, -0.15) is 0 Å². The third kappa shape index (κ3) is 4.82. The molecule has 216 valence electrons. The fourth-order valence-corrected chi connectivity index (χ4v) is 7.65. The van der Waals surface area contributed by atoms with Gasteiger partial charge in [-0.1, -0.05) is 78.8 Å². The van der Waals surface area contributed by atoms with Gasteiger partial charge in [0, 0.05) is 51.8 Å². The first-order valence-electron chi connectivity index (χ1n) is 14.3. The number of thiazole rings is 1. The highest BCUT2D eigenvalue weighted by atomic mass is 32.1. The van der Waals surface area contributed by atoms with Crippen LogP contribution in [0.25, 0.3) is 21.7 Å². The quantitative estimate of drug-likeness (QED) is 0.103. The van der Waals surface area contributed by atoms with Crippen LogP contribution >= 0.6 is 11.3 Å². The number of carbonyl (C=O) groups is 2. The number of nitrogens with one attached hydrogen (secondary N) is 1. The predicted molar refractivity (Wildman–Crippen MR) is 163 cm³/mol. The summed E-state index contributed by atoms with van der Waals surface area (Å²) < 4.78 is 12.4. The predicted octanol–water partition coefficient (Wildman–Crippen LogP) is 7.54. The minimum absolute atomic E-state index is 0.0110. The highest BCUT2D eigenvalue weighted by molar-refractivity contribution is 7.14. The molecule has 8 rings (SSSR count). The maximum atomic E-state index is 13.9. The SMILES string of the molecule is CC1(C(=O)Nc2nc(-c3cccc(C(=O)Cc4ccc(N=[N+]=[N-])cc4)c3)cs2)CC2c3ccccc3C1CC21OCCO1. The summed E-state index contributed by atoms with van der Waals surface area (Å²) in [7, 11) is 0. The largest absolute Gasteiger partial charge is 0.347 e. The van der Waals surface area contributed by atoms with E-state index in [1.54, 1.807) is 30.3 Å². The number of hydrogen-bond donors (Lipinski definition) is 1. The van der Waals surface area contributed by atoms with Gasteiger partial charge in [0.05, 0.1) is 24.3 Å². The van der Waals surface area contributed by atoms with E-state index < -0.39 is 11.2 Å². The number of nitrogens with zero attached hydrogens (tertiary/aromatic N) is 4. The van der Waals surface area contributed by atoms with Crippen LogP contribution in [0.3, 0.4) is 0 Å². The Balaban J connectivity index is 1.07. The van der Waals surface area contributed by atoms with Crippen molar-refractivity contribution in [2.45, 2.75) is 43.8 Å². The number of Topliss-reactive ketones (excluding diaryl/α,β-unsaturated/α-hetero) is 1. The van der Waals surface area contributed by atoms with Crippen molar-refractivity contribution in [1.29, 1.82) is 0 Å². The number of hydrogen-bond acceptors (Lipinski definition) is 7. The van der Waals surface area contributed by atoms with Crippen LogP contribution in [0, 0.1) is 5.41 Å². The van der Waals surface area contributed by atoms with Crippen molar-refractivity contribution >= 4 is 33.8 Å². The second-order valence-corrected chi connectivity index (χ2v) is 12.5. The second kappa shape index (κ2) is 10.7. The van der Waals surface area contributed by atoms with E-state index in [0.717, 1.165) is 11.1 Å². The van der Waals surface area contributed by atoms with Crippen LogP contribution in [-0.4, -0.2) is 35.7 Å². The van der Waals surface area contributed by atoms with Crippen molar-refractivity contribution in [3.8, 4) is 11.3 Å². The van der Waals surface area contributed by atoms with Gasteiger partial charge < -0.3 is 14.8 Å². The highest BCUT2D eigenvalue weighted by Gasteiger charge is 2.63. The number of fused-ring (bicyclic) bond motifs is 1. The second-order valence-electron chi connectivity index (χ2n) is 11.6. The van der Waals surface area contributed by atoms with Crippen molar-refractivity contribution in [1.82, 2.24) is 4.98 Å². The normalized spacial score (nSPS) is 23.0. The molecule has 0 radical (unpaired) electrons. The molecule has 4 aliphatic rings. The Labute approximate surface area is 252 Å². The van der Waals surface area contributed by atoms with Crippen molar-refractivity contribution in [3.05, 3.63) is 111 Å². The summed E-state index contributed by atoms with van der Waals surface area (Å²) in [6.45, 7) is 3.20. The summed E-state index contributed by atoms with van der Waals surface area (Å²) >= 11 is 1.37. The zero-order chi connectivity index (χ0) is 29.6. The fourth-order valence-electron chi connectivity index (χ4n) is 6.94. The number of aromatic nitrogens is 1. The minimum Gasteiger partial charge on any atom is -0.347 e. The van der Waals surface area contributed by atoms with E-state index in [4.69, 9.17) is 20.0 Å². The Morgan fingerprint density at radius 3 is 2.51 bits per heavy atom. The number of benzene rings is 3. The van der Waals surface area contributed by atoms with Crippen LogP contribution in [0.5, 0.6) is 0 Å². The fraction of sp³-hybridized carbons (Fsp3) is 0.303. The zero-order valence-electron chi connectivity index (χ0n) is 23.5. The zero-order valence-corrected chi connectivity index (χ0v) is 24.3. The molecule has 1 amide bonds. The lowest BCUT2D eigenvalue weighted by Crippen LogP contribution is -2.56. The van der Waals surface area contributed by atoms with Gasteiger partial charge >= 0.3 is 0 Å².